The molecule has 1 nitrogen and oxygen atoms in total. The normalized spacial score (nSPS) is 30.1. The molecule has 0 amide bonds. The van der Waals surface area contributed by atoms with Crippen LogP contribution in [0.3, 0.4) is 0 Å². The lowest BCUT2D eigenvalue weighted by Gasteiger charge is -2.21. The van der Waals surface area contributed by atoms with Crippen molar-refractivity contribution >= 4 is 0 Å². The first-order valence-electron chi connectivity index (χ1n) is 5.94. The zero-order valence-corrected chi connectivity index (χ0v) is 10.4. The van der Waals surface area contributed by atoms with Crippen molar-refractivity contribution in [2.75, 3.05) is 6.61 Å². The summed E-state index contributed by atoms with van der Waals surface area (Å²) in [6.45, 7) is 8.23. The van der Waals surface area contributed by atoms with Crippen LogP contribution in [-0.4, -0.2) is 18.4 Å². The number of rotatable bonds is 2. The summed E-state index contributed by atoms with van der Waals surface area (Å²) in [7, 11) is 0. The fourth-order valence-corrected chi connectivity index (χ4v) is 1.52. The van der Waals surface area contributed by atoms with Crippen molar-refractivity contribution in [3.05, 3.63) is 0 Å². The van der Waals surface area contributed by atoms with Gasteiger partial charge in [-0.1, -0.05) is 25.7 Å². The first-order valence-corrected chi connectivity index (χ1v) is 5.94. The molecule has 0 heterocycles. The maximum absolute atomic E-state index is 13.5. The molecule has 88 valence electrons. The highest BCUT2D eigenvalue weighted by Gasteiger charge is 2.23. The third kappa shape index (κ3) is 6.52. The summed E-state index contributed by atoms with van der Waals surface area (Å²) in [6.07, 6.45) is 3.18. The van der Waals surface area contributed by atoms with Gasteiger partial charge < -0.3 is 4.74 Å². The molecule has 0 saturated carbocycles. The Morgan fingerprint density at radius 2 is 2.07 bits per heavy atom. The SMILES string of the molecule is CC.CCOC1CCC#CC(C)(F)CC1. The monoisotopic (exact) mass is 214 g/mol. The largest absolute Gasteiger partial charge is 0.378 e. The maximum Gasteiger partial charge on any atom is 0.168 e. The summed E-state index contributed by atoms with van der Waals surface area (Å²) >= 11 is 0. The standard InChI is InChI=1S/C11H17FO.C2H6/c1-3-13-10-6-4-5-8-11(2,12)9-7-10;1-2/h10H,3-4,6-7,9H2,1-2H3;1-2H3. The van der Waals surface area contributed by atoms with Crippen LogP contribution in [0.25, 0.3) is 0 Å². The molecule has 0 N–H and O–H groups in total. The fourth-order valence-electron chi connectivity index (χ4n) is 1.52. The van der Waals surface area contributed by atoms with Crippen LogP contribution in [0.2, 0.25) is 0 Å². The average molecular weight is 214 g/mol. The molecule has 0 aliphatic heterocycles. The van der Waals surface area contributed by atoms with Crippen molar-refractivity contribution in [2.24, 2.45) is 0 Å². The first-order chi connectivity index (χ1) is 7.14. The zero-order chi connectivity index (χ0) is 11.7. The molecule has 1 aliphatic rings. The molecule has 0 aromatic rings. The summed E-state index contributed by atoms with van der Waals surface area (Å²) < 4.78 is 19.0. The molecule has 0 spiro atoms. The minimum absolute atomic E-state index is 0.203. The van der Waals surface area contributed by atoms with Gasteiger partial charge in [0.15, 0.2) is 5.67 Å². The van der Waals surface area contributed by atoms with Crippen LogP contribution in [0.1, 0.15) is 53.4 Å². The summed E-state index contributed by atoms with van der Waals surface area (Å²) in [4.78, 5) is 0. The quantitative estimate of drug-likeness (QED) is 0.636. The third-order valence-corrected chi connectivity index (χ3v) is 2.28. The maximum atomic E-state index is 13.5. The third-order valence-electron chi connectivity index (χ3n) is 2.28. The van der Waals surface area contributed by atoms with Gasteiger partial charge in [-0.3, -0.25) is 0 Å². The van der Waals surface area contributed by atoms with E-state index in [0.717, 1.165) is 19.3 Å². The molecule has 2 heteroatoms. The summed E-state index contributed by atoms with van der Waals surface area (Å²) in [5.74, 6) is 5.51. The highest BCUT2D eigenvalue weighted by atomic mass is 19.1. The lowest BCUT2D eigenvalue weighted by molar-refractivity contribution is 0.0409. The zero-order valence-electron chi connectivity index (χ0n) is 10.4. The van der Waals surface area contributed by atoms with Crippen molar-refractivity contribution in [2.45, 2.75) is 65.2 Å². The molecule has 15 heavy (non-hydrogen) atoms. The molecule has 2 unspecified atom stereocenters. The molecule has 0 aromatic carbocycles. The van der Waals surface area contributed by atoms with Crippen molar-refractivity contribution in [1.82, 2.24) is 0 Å². The molecular formula is C13H23FO. The molecule has 0 fully saturated rings. The molecule has 1 aliphatic carbocycles. The van der Waals surface area contributed by atoms with E-state index < -0.39 is 5.67 Å². The molecule has 1 rings (SSSR count). The summed E-state index contributed by atoms with van der Waals surface area (Å²) in [6, 6.07) is 0. The first kappa shape index (κ1) is 14.5. The van der Waals surface area contributed by atoms with E-state index in [-0.39, 0.29) is 6.10 Å². The van der Waals surface area contributed by atoms with Gasteiger partial charge in [-0.25, -0.2) is 4.39 Å². The van der Waals surface area contributed by atoms with Crippen molar-refractivity contribution in [3.63, 3.8) is 0 Å². The molecule has 0 radical (unpaired) electrons. The van der Waals surface area contributed by atoms with Crippen LogP contribution in [0.5, 0.6) is 0 Å². The summed E-state index contributed by atoms with van der Waals surface area (Å²) in [5.41, 5.74) is -1.31. The van der Waals surface area contributed by atoms with Crippen LogP contribution in [0.4, 0.5) is 4.39 Å². The Morgan fingerprint density at radius 3 is 2.67 bits per heavy atom. The van der Waals surface area contributed by atoms with E-state index in [9.17, 15) is 4.39 Å². The topological polar surface area (TPSA) is 9.23 Å². The lowest BCUT2D eigenvalue weighted by atomic mass is 9.96. The van der Waals surface area contributed by atoms with E-state index in [1.807, 2.05) is 20.8 Å². The molecular weight excluding hydrogens is 191 g/mol. The van der Waals surface area contributed by atoms with Gasteiger partial charge in [0.05, 0.1) is 6.10 Å². The van der Waals surface area contributed by atoms with Gasteiger partial charge in [-0.2, -0.15) is 0 Å². The molecule has 0 bridgehead atoms. The van der Waals surface area contributed by atoms with E-state index in [0.29, 0.717) is 13.0 Å². The number of halogens is 1. The number of ether oxygens (including phenoxy) is 1. The van der Waals surface area contributed by atoms with Crippen LogP contribution < -0.4 is 0 Å². The minimum atomic E-state index is -1.31. The van der Waals surface area contributed by atoms with Gasteiger partial charge >= 0.3 is 0 Å². The van der Waals surface area contributed by atoms with Gasteiger partial charge in [0.2, 0.25) is 0 Å². The fraction of sp³-hybridized carbons (Fsp3) is 0.846. The Hall–Kier alpha value is -0.550. The van der Waals surface area contributed by atoms with E-state index in [1.165, 1.54) is 0 Å². The second kappa shape index (κ2) is 7.70. The highest BCUT2D eigenvalue weighted by Crippen LogP contribution is 2.22. The van der Waals surface area contributed by atoms with E-state index >= 15 is 0 Å². The predicted molar refractivity (Wildman–Crippen MR) is 62.5 cm³/mol. The van der Waals surface area contributed by atoms with E-state index in [4.69, 9.17) is 4.74 Å². The Bertz CT molecular complexity index is 212. The van der Waals surface area contributed by atoms with E-state index in [1.54, 1.807) is 6.92 Å². The molecule has 2 atom stereocenters. The van der Waals surface area contributed by atoms with Crippen LogP contribution in [0.15, 0.2) is 0 Å². The Morgan fingerprint density at radius 1 is 1.40 bits per heavy atom. The van der Waals surface area contributed by atoms with Crippen LogP contribution in [0, 0.1) is 11.8 Å². The summed E-state index contributed by atoms with van der Waals surface area (Å²) in [5, 5.41) is 0. The highest BCUT2D eigenvalue weighted by molar-refractivity contribution is 5.13. The van der Waals surface area contributed by atoms with E-state index in [2.05, 4.69) is 11.8 Å². The van der Waals surface area contributed by atoms with Gasteiger partial charge in [-0.05, 0) is 33.1 Å². The van der Waals surface area contributed by atoms with Gasteiger partial charge in [0, 0.05) is 13.0 Å². The van der Waals surface area contributed by atoms with Gasteiger partial charge in [-0.15, -0.1) is 0 Å². The number of hydrogen-bond acceptors (Lipinski definition) is 1. The van der Waals surface area contributed by atoms with Crippen molar-refractivity contribution in [3.8, 4) is 11.8 Å². The Labute approximate surface area is 93.4 Å². The number of alkyl halides is 1. The van der Waals surface area contributed by atoms with Gasteiger partial charge in [0.25, 0.3) is 0 Å². The average Bonchev–Trinajstić information content (AvgIpc) is 2.21. The lowest BCUT2D eigenvalue weighted by Crippen LogP contribution is -2.22. The Balaban J connectivity index is 0.000000921. The Kier molecular flexibility index (Phi) is 7.42. The van der Waals surface area contributed by atoms with Gasteiger partial charge in [0.1, 0.15) is 0 Å². The second-order valence-electron chi connectivity index (χ2n) is 3.65. The second-order valence-corrected chi connectivity index (χ2v) is 3.65. The van der Waals surface area contributed by atoms with Crippen LogP contribution in [-0.2, 0) is 4.74 Å². The smallest absolute Gasteiger partial charge is 0.168 e. The van der Waals surface area contributed by atoms with Crippen molar-refractivity contribution in [1.29, 1.82) is 0 Å². The van der Waals surface area contributed by atoms with Crippen molar-refractivity contribution < 1.29 is 9.13 Å². The van der Waals surface area contributed by atoms with Crippen LogP contribution >= 0.6 is 0 Å². The molecule has 0 aromatic heterocycles. The predicted octanol–water partition coefficient (Wildman–Crippen LogP) is 3.72. The molecule has 0 saturated heterocycles. The number of hydrogen-bond donors (Lipinski definition) is 0. The minimum Gasteiger partial charge on any atom is -0.378 e.